The summed E-state index contributed by atoms with van der Waals surface area (Å²) in [6.07, 6.45) is 7.24. The van der Waals surface area contributed by atoms with Crippen molar-refractivity contribution in [1.29, 1.82) is 5.26 Å². The highest BCUT2D eigenvalue weighted by molar-refractivity contribution is 8.01. The third-order valence-electron chi connectivity index (χ3n) is 13.1. The van der Waals surface area contributed by atoms with Crippen LogP contribution in [0.2, 0.25) is 0 Å². The number of aromatic nitrogens is 1. The first-order valence-electron chi connectivity index (χ1n) is 25.6. The molecule has 2 aromatic carbocycles. The van der Waals surface area contributed by atoms with Gasteiger partial charge in [-0.05, 0) is 67.6 Å². The molecule has 0 spiro atoms. The summed E-state index contributed by atoms with van der Waals surface area (Å²) < 4.78 is 34.1. The van der Waals surface area contributed by atoms with Gasteiger partial charge in [-0.25, -0.2) is 4.79 Å². The van der Waals surface area contributed by atoms with Crippen molar-refractivity contribution in [3.05, 3.63) is 83.2 Å². The van der Waals surface area contributed by atoms with Crippen LogP contribution in [0.15, 0.2) is 65.8 Å². The molecule has 4 aliphatic rings. The summed E-state index contributed by atoms with van der Waals surface area (Å²) in [5, 5.41) is 21.1. The Morgan fingerprint density at radius 1 is 0.824 bits per heavy atom. The largest absolute Gasteiger partial charge is 0.497 e. The maximum atomic E-state index is 13.4. The van der Waals surface area contributed by atoms with Gasteiger partial charge in [-0.1, -0.05) is 18.6 Å². The fourth-order valence-electron chi connectivity index (χ4n) is 8.97. The maximum Gasteiger partial charge on any atom is 0.341 e. The minimum Gasteiger partial charge on any atom is -0.497 e. The normalized spacial score (nSPS) is 18.0. The predicted octanol–water partition coefficient (Wildman–Crippen LogP) is 4.76. The molecule has 0 saturated carbocycles. The van der Waals surface area contributed by atoms with Crippen LogP contribution in [0, 0.1) is 11.3 Å². The molecule has 398 valence electrons. The summed E-state index contributed by atoms with van der Waals surface area (Å²) in [5.41, 5.74) is 3.90. The number of urea groups is 1. The van der Waals surface area contributed by atoms with Gasteiger partial charge >= 0.3 is 6.03 Å². The van der Waals surface area contributed by atoms with Crippen LogP contribution in [0.5, 0.6) is 11.5 Å². The van der Waals surface area contributed by atoms with Gasteiger partial charge in [-0.2, -0.15) is 10.3 Å². The van der Waals surface area contributed by atoms with Crippen molar-refractivity contribution < 1.29 is 52.4 Å². The van der Waals surface area contributed by atoms with E-state index in [-0.39, 0.29) is 71.8 Å². The molecule has 20 nitrogen and oxygen atoms in total. The molecule has 7 rings (SSSR count). The van der Waals surface area contributed by atoms with E-state index >= 15 is 0 Å². The van der Waals surface area contributed by atoms with Gasteiger partial charge in [0.2, 0.25) is 11.8 Å². The number of aliphatic imine (C=N–C) groups is 1. The molecule has 0 aliphatic carbocycles. The zero-order chi connectivity index (χ0) is 51.9. The number of piperidine rings is 2. The molecule has 0 radical (unpaired) electrons. The number of unbranched alkanes of at least 4 members (excludes halogenated alkanes) is 1. The lowest BCUT2D eigenvalue weighted by Gasteiger charge is -2.32. The van der Waals surface area contributed by atoms with Crippen molar-refractivity contribution in [2.75, 3.05) is 104 Å². The number of amides is 6. The fraction of sp³-hybridized carbons (Fsp3) is 0.547. The molecule has 4 aliphatic heterocycles. The van der Waals surface area contributed by atoms with Gasteiger partial charge in [-0.3, -0.25) is 29.1 Å². The van der Waals surface area contributed by atoms with Crippen molar-refractivity contribution in [3.8, 4) is 17.6 Å². The first-order valence-corrected chi connectivity index (χ1v) is 26.7. The third kappa shape index (κ3) is 17.8. The van der Waals surface area contributed by atoms with E-state index in [0.717, 1.165) is 68.8 Å². The summed E-state index contributed by atoms with van der Waals surface area (Å²) >= 11 is 1.82. The van der Waals surface area contributed by atoms with Gasteiger partial charge in [0.25, 0.3) is 11.8 Å². The number of ether oxygens (including phenoxy) is 6. The van der Waals surface area contributed by atoms with E-state index in [1.54, 1.807) is 42.3 Å². The lowest BCUT2D eigenvalue weighted by molar-refractivity contribution is -0.121. The summed E-state index contributed by atoms with van der Waals surface area (Å²) in [5.74, 6) is 1.25. The first-order chi connectivity index (χ1) is 36.1. The number of benzene rings is 2. The number of anilines is 1. The highest BCUT2D eigenvalue weighted by Gasteiger charge is 2.37. The summed E-state index contributed by atoms with van der Waals surface area (Å²) in [7, 11) is 1.55. The predicted molar refractivity (Wildman–Crippen MR) is 278 cm³/mol. The smallest absolute Gasteiger partial charge is 0.341 e. The molecule has 74 heavy (non-hydrogen) atoms. The van der Waals surface area contributed by atoms with Gasteiger partial charge in [0, 0.05) is 87.8 Å². The number of nitrogens with zero attached hydrogens (tertiary/aromatic N) is 5. The Labute approximate surface area is 436 Å². The quantitative estimate of drug-likeness (QED) is 0.0685. The van der Waals surface area contributed by atoms with E-state index in [2.05, 4.69) is 42.2 Å². The van der Waals surface area contributed by atoms with Crippen molar-refractivity contribution in [2.45, 2.75) is 87.8 Å². The topological polar surface area (TPSA) is 244 Å². The molecule has 3 aromatic rings. The minimum absolute atomic E-state index is 0.00151. The van der Waals surface area contributed by atoms with Gasteiger partial charge < -0.3 is 54.6 Å². The Morgan fingerprint density at radius 2 is 1.54 bits per heavy atom. The molecule has 21 heteroatoms. The molecule has 3 saturated heterocycles. The van der Waals surface area contributed by atoms with Crippen molar-refractivity contribution in [2.24, 2.45) is 4.99 Å². The zero-order valence-electron chi connectivity index (χ0n) is 42.2. The average Bonchev–Trinajstić information content (AvgIpc) is 3.98. The molecule has 0 bridgehead atoms. The Morgan fingerprint density at radius 3 is 2.23 bits per heavy atom. The van der Waals surface area contributed by atoms with Gasteiger partial charge in [0.1, 0.15) is 23.3 Å². The number of nitriles is 1. The standard InChI is InChI=1S/C53H69N9O11S/c1-68-42-11-13-46(73-41-16-22-62(23-17-41)52(66)43-12-10-39(34-56-43)51(65)57-40-14-20-61(21-15-40)35-38-8-6-37(33-54)7-9-38)44(32-42)58-49(64)18-24-69-26-28-71-30-31-72-29-27-70-25-19-55-48(63)5-3-2-4-47-50-45(36-74-47)59-53(67)60-50/h6-13,32,34,40-41,45,47H,2-5,14-31,35-36H2,1H3,(H,55,63)(H,57,65)(H,58,64)(H,59,67)/t45-,47-/m0/s1. The molecule has 4 N–H and O–H groups in total. The number of carbonyl (C=O) groups is 5. The van der Waals surface area contributed by atoms with E-state index in [0.29, 0.717) is 113 Å². The number of hydrogen-bond acceptors (Lipinski definition) is 15. The Kier molecular flexibility index (Phi) is 22.3. The van der Waals surface area contributed by atoms with Crippen LogP contribution in [-0.2, 0) is 35.1 Å². The van der Waals surface area contributed by atoms with Gasteiger partial charge in [0.05, 0.1) is 101 Å². The molecule has 0 unspecified atom stereocenters. The second kappa shape index (κ2) is 29.7. The zero-order valence-corrected chi connectivity index (χ0v) is 43.0. The van der Waals surface area contributed by atoms with E-state index in [9.17, 15) is 24.0 Å². The number of rotatable bonds is 29. The highest BCUT2D eigenvalue weighted by Crippen LogP contribution is 2.33. The van der Waals surface area contributed by atoms with Crippen LogP contribution in [0.3, 0.4) is 0 Å². The first kappa shape index (κ1) is 55.6. The number of methoxy groups -OCH3 is 1. The summed E-state index contributed by atoms with van der Waals surface area (Å²) in [6.45, 7) is 6.68. The average molecular weight is 1040 g/mol. The van der Waals surface area contributed by atoms with Crippen LogP contribution >= 0.6 is 11.8 Å². The molecule has 3 fully saturated rings. The summed E-state index contributed by atoms with van der Waals surface area (Å²) in [4.78, 5) is 75.6. The number of fused-ring (bicyclic) bond motifs is 1. The molecular formula is C53H69N9O11S. The van der Waals surface area contributed by atoms with E-state index in [1.165, 1.54) is 6.20 Å². The van der Waals surface area contributed by atoms with Crippen LogP contribution in [-0.4, -0.2) is 172 Å². The maximum absolute atomic E-state index is 13.4. The summed E-state index contributed by atoms with van der Waals surface area (Å²) in [6, 6.07) is 18.1. The van der Waals surface area contributed by atoms with Crippen molar-refractivity contribution in [1.82, 2.24) is 30.7 Å². The molecule has 5 heterocycles. The van der Waals surface area contributed by atoms with Crippen LogP contribution in [0.1, 0.15) is 89.8 Å². The minimum atomic E-state index is -0.252. The number of nitrogens with one attached hydrogen (secondary N) is 4. The van der Waals surface area contributed by atoms with Crippen LogP contribution in [0.25, 0.3) is 0 Å². The number of likely N-dealkylation sites (tertiary alicyclic amines) is 2. The second-order valence-corrected chi connectivity index (χ2v) is 19.7. The lowest BCUT2D eigenvalue weighted by atomic mass is 10.0. The van der Waals surface area contributed by atoms with Gasteiger partial charge in [0.15, 0.2) is 0 Å². The highest BCUT2D eigenvalue weighted by atomic mass is 32.2. The number of thioether (sulfide) groups is 1. The fourth-order valence-corrected chi connectivity index (χ4v) is 10.4. The van der Waals surface area contributed by atoms with Crippen LogP contribution in [0.4, 0.5) is 10.5 Å². The Hall–Kier alpha value is -6.15. The van der Waals surface area contributed by atoms with Crippen LogP contribution < -0.4 is 30.7 Å². The molecule has 6 amide bonds. The SMILES string of the molecule is COc1ccc(OC2CCN(C(=O)c3ccc(C(=O)NC4CCN(Cc5ccc(C#N)cc5)CC4)cn3)CC2)c(NC(=O)CCOCCOCCOCCOCCNC(=O)CCCC[C@@H]2SC[C@@H]3NC(=O)N=C32)c1. The van der Waals surface area contributed by atoms with Crippen molar-refractivity contribution >= 4 is 52.8 Å². The molecule has 2 atom stereocenters. The number of carbonyl (C=O) groups excluding carboxylic acids is 5. The van der Waals surface area contributed by atoms with Gasteiger partial charge in [-0.15, -0.1) is 11.8 Å². The van der Waals surface area contributed by atoms with E-state index in [4.69, 9.17) is 33.7 Å². The third-order valence-corrected chi connectivity index (χ3v) is 14.5. The van der Waals surface area contributed by atoms with E-state index in [1.807, 2.05) is 36.0 Å². The lowest BCUT2D eigenvalue weighted by Crippen LogP contribution is -2.44. The Balaban J connectivity index is 0.686. The van der Waals surface area contributed by atoms with Crippen molar-refractivity contribution in [3.63, 3.8) is 0 Å². The van der Waals surface area contributed by atoms with E-state index < -0.39 is 0 Å². The monoisotopic (exact) mass is 1040 g/mol. The number of hydrogen-bond donors (Lipinski definition) is 4. The second-order valence-electron chi connectivity index (χ2n) is 18.4. The molecule has 1 aromatic heterocycles. The molecular weight excluding hydrogens is 971 g/mol. The Bertz CT molecular complexity index is 2390. The number of pyridine rings is 1.